The molecule has 2 aromatic carbocycles. The first kappa shape index (κ1) is 14.3. The van der Waals surface area contributed by atoms with Crippen molar-refractivity contribution in [2.24, 2.45) is 0 Å². The molecule has 1 unspecified atom stereocenters. The molecule has 0 radical (unpaired) electrons. The fourth-order valence-corrected chi connectivity index (χ4v) is 2.23. The lowest BCUT2D eigenvalue weighted by Gasteiger charge is -2.12. The minimum atomic E-state index is -0.285. The molecule has 0 aliphatic carbocycles. The fraction of sp³-hybridized carbons (Fsp3) is 0.200. The van der Waals surface area contributed by atoms with E-state index in [1.165, 1.54) is 12.1 Å². The monoisotopic (exact) mass is 297 g/mol. The van der Waals surface area contributed by atoms with E-state index in [1.807, 2.05) is 30.3 Å². The summed E-state index contributed by atoms with van der Waals surface area (Å²) in [5, 5.41) is 3.62. The summed E-state index contributed by atoms with van der Waals surface area (Å²) in [4.78, 5) is 0. The zero-order valence-corrected chi connectivity index (χ0v) is 11.8. The molecule has 0 spiro atoms. The Hall–Kier alpha value is -1.09. The average molecular weight is 298 g/mol. The fourth-order valence-electron chi connectivity index (χ4n) is 1.79. The van der Waals surface area contributed by atoms with Gasteiger partial charge in [0.05, 0.1) is 5.38 Å². The smallest absolute Gasteiger partial charge is 0.123 e. The van der Waals surface area contributed by atoms with Crippen molar-refractivity contribution < 1.29 is 4.39 Å². The Morgan fingerprint density at radius 1 is 1.11 bits per heavy atom. The van der Waals surface area contributed by atoms with E-state index in [0.717, 1.165) is 11.1 Å². The molecule has 1 N–H and O–H groups in total. The summed E-state index contributed by atoms with van der Waals surface area (Å²) in [6.07, 6.45) is 0. The maximum atomic E-state index is 13.1. The van der Waals surface area contributed by atoms with Crippen LogP contribution in [0, 0.1) is 5.82 Å². The maximum absolute atomic E-state index is 13.1. The van der Waals surface area contributed by atoms with Crippen LogP contribution in [0.3, 0.4) is 0 Å². The molecule has 2 aromatic rings. The topological polar surface area (TPSA) is 12.0 Å². The number of rotatable bonds is 5. The SMILES string of the molecule is Fc1ccc(Cl)c(CNCC(Cl)c2ccccc2)c1. The number of nitrogens with one attached hydrogen (secondary N) is 1. The van der Waals surface area contributed by atoms with Crippen LogP contribution in [-0.2, 0) is 6.54 Å². The molecule has 4 heteroatoms. The van der Waals surface area contributed by atoms with Gasteiger partial charge in [0, 0.05) is 18.1 Å². The van der Waals surface area contributed by atoms with Crippen molar-refractivity contribution >= 4 is 23.2 Å². The third-order valence-electron chi connectivity index (χ3n) is 2.81. The highest BCUT2D eigenvalue weighted by atomic mass is 35.5. The van der Waals surface area contributed by atoms with Crippen LogP contribution in [0.15, 0.2) is 48.5 Å². The van der Waals surface area contributed by atoms with Crippen molar-refractivity contribution in [2.75, 3.05) is 6.54 Å². The van der Waals surface area contributed by atoms with Crippen molar-refractivity contribution in [3.8, 4) is 0 Å². The number of halogens is 3. The molecule has 1 atom stereocenters. The van der Waals surface area contributed by atoms with E-state index < -0.39 is 0 Å². The molecule has 0 aliphatic rings. The lowest BCUT2D eigenvalue weighted by atomic mass is 10.1. The molecule has 1 nitrogen and oxygen atoms in total. The Labute approximate surface area is 122 Å². The van der Waals surface area contributed by atoms with E-state index in [9.17, 15) is 4.39 Å². The van der Waals surface area contributed by atoms with Gasteiger partial charge in [0.1, 0.15) is 5.82 Å². The Morgan fingerprint density at radius 2 is 1.84 bits per heavy atom. The highest BCUT2D eigenvalue weighted by Crippen LogP contribution is 2.20. The number of alkyl halides is 1. The third-order valence-corrected chi connectivity index (χ3v) is 3.58. The quantitative estimate of drug-likeness (QED) is 0.799. The predicted octanol–water partition coefficient (Wildman–Crippen LogP) is 4.55. The molecular weight excluding hydrogens is 284 g/mol. The van der Waals surface area contributed by atoms with Crippen LogP contribution in [-0.4, -0.2) is 6.54 Å². The second kappa shape index (κ2) is 6.90. The minimum absolute atomic E-state index is 0.117. The zero-order valence-electron chi connectivity index (χ0n) is 10.2. The molecule has 0 fully saturated rings. The molecule has 0 bridgehead atoms. The maximum Gasteiger partial charge on any atom is 0.123 e. The van der Waals surface area contributed by atoms with Crippen molar-refractivity contribution in [3.63, 3.8) is 0 Å². The Morgan fingerprint density at radius 3 is 2.58 bits per heavy atom. The molecule has 0 saturated heterocycles. The molecule has 0 aliphatic heterocycles. The standard InChI is InChI=1S/C15H14Cl2FN/c16-14-7-6-13(18)8-12(14)9-19-10-15(17)11-4-2-1-3-5-11/h1-8,15,19H,9-10H2. The minimum Gasteiger partial charge on any atom is -0.311 e. The lowest BCUT2D eigenvalue weighted by molar-refractivity contribution is 0.619. The van der Waals surface area contributed by atoms with Gasteiger partial charge in [0.25, 0.3) is 0 Å². The van der Waals surface area contributed by atoms with Crippen LogP contribution in [0.25, 0.3) is 0 Å². The van der Waals surface area contributed by atoms with E-state index in [1.54, 1.807) is 6.07 Å². The summed E-state index contributed by atoms with van der Waals surface area (Å²) in [5.74, 6) is -0.285. The normalized spacial score (nSPS) is 12.4. The molecule has 19 heavy (non-hydrogen) atoms. The van der Waals surface area contributed by atoms with E-state index in [-0.39, 0.29) is 11.2 Å². The first-order chi connectivity index (χ1) is 9.16. The summed E-state index contributed by atoms with van der Waals surface area (Å²) < 4.78 is 13.1. The van der Waals surface area contributed by atoms with Gasteiger partial charge in [-0.2, -0.15) is 0 Å². The summed E-state index contributed by atoms with van der Waals surface area (Å²) in [6.45, 7) is 1.09. The Bertz CT molecular complexity index is 531. The van der Waals surface area contributed by atoms with Gasteiger partial charge in [0.15, 0.2) is 0 Å². The van der Waals surface area contributed by atoms with Crippen molar-refractivity contribution in [3.05, 3.63) is 70.5 Å². The van der Waals surface area contributed by atoms with Crippen molar-refractivity contribution in [1.29, 1.82) is 0 Å². The summed E-state index contributed by atoms with van der Waals surface area (Å²) in [5.41, 5.74) is 1.79. The average Bonchev–Trinajstić information content (AvgIpc) is 2.43. The van der Waals surface area contributed by atoms with E-state index >= 15 is 0 Å². The molecule has 0 aromatic heterocycles. The molecule has 0 saturated carbocycles. The molecule has 100 valence electrons. The summed E-state index contributed by atoms with van der Waals surface area (Å²) >= 11 is 12.3. The van der Waals surface area contributed by atoms with Crippen molar-refractivity contribution in [2.45, 2.75) is 11.9 Å². The summed E-state index contributed by atoms with van der Waals surface area (Å²) in [6, 6.07) is 14.2. The largest absolute Gasteiger partial charge is 0.311 e. The molecule has 2 rings (SSSR count). The zero-order chi connectivity index (χ0) is 13.7. The second-order valence-corrected chi connectivity index (χ2v) is 5.18. The van der Waals surface area contributed by atoms with Gasteiger partial charge in [-0.1, -0.05) is 41.9 Å². The van der Waals surface area contributed by atoms with E-state index in [2.05, 4.69) is 5.32 Å². The van der Waals surface area contributed by atoms with Gasteiger partial charge in [0.2, 0.25) is 0 Å². The molecule has 0 heterocycles. The predicted molar refractivity (Wildman–Crippen MR) is 78.2 cm³/mol. The third kappa shape index (κ3) is 4.20. The van der Waals surface area contributed by atoms with Gasteiger partial charge >= 0.3 is 0 Å². The highest BCUT2D eigenvalue weighted by Gasteiger charge is 2.07. The second-order valence-electron chi connectivity index (χ2n) is 4.24. The first-order valence-electron chi connectivity index (χ1n) is 6.00. The summed E-state index contributed by atoms with van der Waals surface area (Å²) in [7, 11) is 0. The van der Waals surface area contributed by atoms with Crippen molar-refractivity contribution in [1.82, 2.24) is 5.32 Å². The van der Waals surface area contributed by atoms with Crippen LogP contribution < -0.4 is 5.32 Å². The van der Waals surface area contributed by atoms with E-state index in [0.29, 0.717) is 18.1 Å². The van der Waals surface area contributed by atoms with E-state index in [4.69, 9.17) is 23.2 Å². The van der Waals surface area contributed by atoms with Crippen LogP contribution in [0.5, 0.6) is 0 Å². The van der Waals surface area contributed by atoms with Gasteiger partial charge in [-0.3, -0.25) is 0 Å². The highest BCUT2D eigenvalue weighted by molar-refractivity contribution is 6.31. The van der Waals surface area contributed by atoms with Gasteiger partial charge in [-0.25, -0.2) is 4.39 Å². The van der Waals surface area contributed by atoms with Crippen LogP contribution in [0.1, 0.15) is 16.5 Å². The van der Waals surface area contributed by atoms with Gasteiger partial charge < -0.3 is 5.32 Å². The first-order valence-corrected chi connectivity index (χ1v) is 6.82. The number of hydrogen-bond acceptors (Lipinski definition) is 1. The van der Waals surface area contributed by atoms with Crippen LogP contribution >= 0.6 is 23.2 Å². The number of benzene rings is 2. The van der Waals surface area contributed by atoms with Gasteiger partial charge in [-0.15, -0.1) is 11.6 Å². The molecule has 0 amide bonds. The van der Waals surface area contributed by atoms with Crippen LogP contribution in [0.2, 0.25) is 5.02 Å². The lowest BCUT2D eigenvalue weighted by Crippen LogP contribution is -2.18. The molecular formula is C15H14Cl2FN. The Balaban J connectivity index is 1.88. The van der Waals surface area contributed by atoms with Gasteiger partial charge in [-0.05, 0) is 29.3 Å². The number of hydrogen-bond donors (Lipinski definition) is 1. The van der Waals surface area contributed by atoms with Crippen LogP contribution in [0.4, 0.5) is 4.39 Å². The Kier molecular flexibility index (Phi) is 5.20.